The maximum absolute atomic E-state index is 14.1. The number of halogens is 2. The normalized spacial score (nSPS) is 17.7. The fourth-order valence-corrected chi connectivity index (χ4v) is 4.32. The van der Waals surface area contributed by atoms with Crippen LogP contribution in [0.2, 0.25) is 5.02 Å². The van der Waals surface area contributed by atoms with Gasteiger partial charge in [-0.15, -0.1) is 0 Å². The Morgan fingerprint density at radius 3 is 2.31 bits per heavy atom. The lowest BCUT2D eigenvalue weighted by Gasteiger charge is -2.26. The molecular formula is C28H25ClFNO4. The van der Waals surface area contributed by atoms with Gasteiger partial charge in [0.05, 0.1) is 24.3 Å². The second-order valence-electron chi connectivity index (χ2n) is 9.37. The van der Waals surface area contributed by atoms with Crippen molar-refractivity contribution in [1.29, 1.82) is 0 Å². The highest BCUT2D eigenvalue weighted by Gasteiger charge is 2.47. The Labute approximate surface area is 208 Å². The van der Waals surface area contributed by atoms with Crippen LogP contribution in [0.1, 0.15) is 43.5 Å². The molecule has 0 spiro atoms. The van der Waals surface area contributed by atoms with Crippen molar-refractivity contribution in [2.75, 3.05) is 12.0 Å². The molecule has 1 atom stereocenters. The first-order chi connectivity index (χ1) is 16.5. The van der Waals surface area contributed by atoms with Crippen molar-refractivity contribution < 1.29 is 23.8 Å². The Kier molecular flexibility index (Phi) is 6.43. The van der Waals surface area contributed by atoms with E-state index >= 15 is 0 Å². The molecule has 0 radical (unpaired) electrons. The summed E-state index contributed by atoms with van der Waals surface area (Å²) in [6.45, 7) is 6.07. The number of anilines is 1. The van der Waals surface area contributed by atoms with Crippen LogP contribution in [0.4, 0.5) is 10.1 Å². The number of hydrogen-bond acceptors (Lipinski definition) is 4. The number of Topliss-reactive ketones (excluding diaryl/α,β-unsaturated/α-hetero) is 1. The molecule has 1 aliphatic rings. The standard InChI is InChI=1S/C28H25ClFNO4/c1-28(2,3)17-10-13-22(35-4)21(14-17)25(32)23-24(16-8-11-18(29)12-9-16)31(27(34)26(23)33)20-7-5-6-19(30)15-20/h5-15,24,32H,1-4H3/b25-23+. The third-order valence-electron chi connectivity index (χ3n) is 6.04. The van der Waals surface area contributed by atoms with Gasteiger partial charge in [-0.3, -0.25) is 14.5 Å². The first-order valence-corrected chi connectivity index (χ1v) is 11.4. The number of nitrogens with zero attached hydrogens (tertiary/aromatic N) is 1. The lowest BCUT2D eigenvalue weighted by atomic mass is 9.85. The van der Waals surface area contributed by atoms with Crippen LogP contribution in [0.3, 0.4) is 0 Å². The van der Waals surface area contributed by atoms with Crippen LogP contribution >= 0.6 is 11.6 Å². The first kappa shape index (κ1) is 24.5. The van der Waals surface area contributed by atoms with E-state index < -0.39 is 23.5 Å². The summed E-state index contributed by atoms with van der Waals surface area (Å²) in [6, 6.07) is 16.4. The average Bonchev–Trinajstić information content (AvgIpc) is 3.08. The zero-order chi connectivity index (χ0) is 25.5. The van der Waals surface area contributed by atoms with Gasteiger partial charge in [-0.05, 0) is 59.0 Å². The van der Waals surface area contributed by atoms with Gasteiger partial charge < -0.3 is 9.84 Å². The van der Waals surface area contributed by atoms with Gasteiger partial charge >= 0.3 is 0 Å². The Morgan fingerprint density at radius 2 is 1.71 bits per heavy atom. The molecule has 180 valence electrons. The van der Waals surface area contributed by atoms with Gasteiger partial charge in [0.15, 0.2) is 0 Å². The molecule has 1 unspecified atom stereocenters. The van der Waals surface area contributed by atoms with E-state index in [0.717, 1.165) is 5.56 Å². The van der Waals surface area contributed by atoms with Crippen LogP contribution in [-0.2, 0) is 15.0 Å². The summed E-state index contributed by atoms with van der Waals surface area (Å²) in [4.78, 5) is 27.8. The van der Waals surface area contributed by atoms with Crippen molar-refractivity contribution in [2.24, 2.45) is 0 Å². The van der Waals surface area contributed by atoms with Crippen molar-refractivity contribution in [3.05, 3.63) is 99.8 Å². The number of aliphatic hydroxyl groups excluding tert-OH is 1. The van der Waals surface area contributed by atoms with Crippen molar-refractivity contribution in [1.82, 2.24) is 0 Å². The Morgan fingerprint density at radius 1 is 1.03 bits per heavy atom. The number of rotatable bonds is 4. The Hall–Kier alpha value is -3.64. The van der Waals surface area contributed by atoms with Crippen molar-refractivity contribution >= 4 is 34.7 Å². The fourth-order valence-electron chi connectivity index (χ4n) is 4.19. The lowest BCUT2D eigenvalue weighted by Crippen LogP contribution is -2.29. The Balaban J connectivity index is 2.00. The molecule has 35 heavy (non-hydrogen) atoms. The van der Waals surface area contributed by atoms with Crippen LogP contribution in [0.15, 0.2) is 72.3 Å². The zero-order valence-electron chi connectivity index (χ0n) is 19.8. The van der Waals surface area contributed by atoms with Gasteiger partial charge in [0.1, 0.15) is 17.3 Å². The highest BCUT2D eigenvalue weighted by molar-refractivity contribution is 6.51. The average molecular weight is 494 g/mol. The highest BCUT2D eigenvalue weighted by Crippen LogP contribution is 2.44. The summed E-state index contributed by atoms with van der Waals surface area (Å²) in [6.07, 6.45) is 0. The van der Waals surface area contributed by atoms with Crippen molar-refractivity contribution in [2.45, 2.75) is 32.2 Å². The van der Waals surface area contributed by atoms with E-state index in [0.29, 0.717) is 16.3 Å². The monoisotopic (exact) mass is 493 g/mol. The number of benzene rings is 3. The summed E-state index contributed by atoms with van der Waals surface area (Å²) in [5, 5.41) is 12.0. The molecule has 3 aromatic rings. The third-order valence-corrected chi connectivity index (χ3v) is 6.29. The predicted octanol–water partition coefficient (Wildman–Crippen LogP) is 6.41. The summed E-state index contributed by atoms with van der Waals surface area (Å²) in [7, 11) is 1.46. The maximum Gasteiger partial charge on any atom is 0.300 e. The molecular weight excluding hydrogens is 469 g/mol. The van der Waals surface area contributed by atoms with Crippen LogP contribution in [0.25, 0.3) is 5.76 Å². The topological polar surface area (TPSA) is 66.8 Å². The number of carbonyl (C=O) groups excluding carboxylic acids is 2. The minimum atomic E-state index is -1.00. The molecule has 1 aliphatic heterocycles. The van der Waals surface area contributed by atoms with Crippen molar-refractivity contribution in [3.8, 4) is 5.75 Å². The number of ether oxygens (including phenoxy) is 1. The number of aliphatic hydroxyl groups is 1. The molecule has 0 aromatic heterocycles. The molecule has 5 nitrogen and oxygen atoms in total. The second kappa shape index (κ2) is 9.19. The first-order valence-electron chi connectivity index (χ1n) is 11.0. The molecule has 1 saturated heterocycles. The molecule has 0 aliphatic carbocycles. The molecule has 1 amide bonds. The van der Waals surface area contributed by atoms with E-state index in [2.05, 4.69) is 0 Å². The van der Waals surface area contributed by atoms with E-state index in [1.54, 1.807) is 36.4 Å². The maximum atomic E-state index is 14.1. The van der Waals surface area contributed by atoms with Gasteiger partial charge in [-0.25, -0.2) is 4.39 Å². The van der Waals surface area contributed by atoms with Gasteiger partial charge in [-0.2, -0.15) is 0 Å². The number of amides is 1. The van der Waals surface area contributed by atoms with E-state index in [9.17, 15) is 19.1 Å². The van der Waals surface area contributed by atoms with Crippen molar-refractivity contribution in [3.63, 3.8) is 0 Å². The van der Waals surface area contributed by atoms with Gasteiger partial charge in [0.2, 0.25) is 0 Å². The highest BCUT2D eigenvalue weighted by atomic mass is 35.5. The minimum absolute atomic E-state index is 0.119. The molecule has 1 N–H and O–H groups in total. The lowest BCUT2D eigenvalue weighted by molar-refractivity contribution is -0.132. The second-order valence-corrected chi connectivity index (χ2v) is 9.80. The zero-order valence-corrected chi connectivity index (χ0v) is 20.6. The van der Waals surface area contributed by atoms with E-state index in [1.807, 2.05) is 26.8 Å². The smallest absolute Gasteiger partial charge is 0.300 e. The molecule has 0 bridgehead atoms. The number of ketones is 1. The summed E-state index contributed by atoms with van der Waals surface area (Å²) < 4.78 is 19.6. The summed E-state index contributed by atoms with van der Waals surface area (Å²) >= 11 is 6.07. The van der Waals surface area contributed by atoms with Crippen LogP contribution in [0.5, 0.6) is 5.75 Å². The van der Waals surface area contributed by atoms with Gasteiger partial charge in [-0.1, -0.05) is 56.6 Å². The quantitative estimate of drug-likeness (QED) is 0.259. The summed E-state index contributed by atoms with van der Waals surface area (Å²) in [5.74, 6) is -2.33. The fraction of sp³-hybridized carbons (Fsp3) is 0.214. The van der Waals surface area contributed by atoms with E-state index in [-0.39, 0.29) is 28.0 Å². The summed E-state index contributed by atoms with van der Waals surface area (Å²) in [5.41, 5.74) is 1.56. The molecule has 1 heterocycles. The van der Waals surface area contributed by atoms with Crippen LogP contribution in [0, 0.1) is 5.82 Å². The number of methoxy groups -OCH3 is 1. The SMILES string of the molecule is COc1ccc(C(C)(C)C)cc1/C(O)=C1\C(=O)C(=O)N(c2cccc(F)c2)C1c1ccc(Cl)cc1. The van der Waals surface area contributed by atoms with E-state index in [4.69, 9.17) is 16.3 Å². The number of hydrogen-bond donors (Lipinski definition) is 1. The molecule has 4 rings (SSSR count). The molecule has 0 saturated carbocycles. The largest absolute Gasteiger partial charge is 0.507 e. The number of carbonyl (C=O) groups is 2. The molecule has 3 aromatic carbocycles. The predicted molar refractivity (Wildman–Crippen MR) is 134 cm³/mol. The van der Waals surface area contributed by atoms with E-state index in [1.165, 1.54) is 36.3 Å². The van der Waals surface area contributed by atoms with Crippen LogP contribution < -0.4 is 9.64 Å². The Bertz CT molecular complexity index is 1340. The van der Waals surface area contributed by atoms with Gasteiger partial charge in [0, 0.05) is 10.7 Å². The minimum Gasteiger partial charge on any atom is -0.507 e. The molecule has 1 fully saturated rings. The van der Waals surface area contributed by atoms with Gasteiger partial charge in [0.25, 0.3) is 11.7 Å². The third kappa shape index (κ3) is 4.54. The molecule has 7 heteroatoms. The van der Waals surface area contributed by atoms with Crippen LogP contribution in [-0.4, -0.2) is 23.9 Å².